The fourth-order valence-corrected chi connectivity index (χ4v) is 6.33. The summed E-state index contributed by atoms with van der Waals surface area (Å²) in [6.07, 6.45) is 0. The third-order valence-electron chi connectivity index (χ3n) is 6.07. The normalized spacial score (nSPS) is 78.2. The first-order valence-corrected chi connectivity index (χ1v) is 5.87. The second kappa shape index (κ2) is 1.25. The summed E-state index contributed by atoms with van der Waals surface area (Å²) in [5, 5.41) is 3.95. The predicted molar refractivity (Wildman–Crippen MR) is 50.0 cm³/mol. The van der Waals surface area contributed by atoms with Crippen LogP contribution in [-0.2, 0) is 0 Å². The Morgan fingerprint density at radius 3 is 1.69 bits per heavy atom. The lowest BCUT2D eigenvalue weighted by molar-refractivity contribution is -0.582. The van der Waals surface area contributed by atoms with E-state index >= 15 is 0 Å². The van der Waals surface area contributed by atoms with E-state index < -0.39 is 0 Å². The molecule has 1 N–H and O–H groups in total. The lowest BCUT2D eigenvalue weighted by Gasteiger charge is -3.07. The van der Waals surface area contributed by atoms with Gasteiger partial charge < -0.3 is 5.32 Å². The lowest BCUT2D eigenvalue weighted by atomic mass is 8.98. The third kappa shape index (κ3) is 0.330. The van der Waals surface area contributed by atoms with Crippen LogP contribution in [0.4, 0.5) is 0 Å². The summed E-state index contributed by atoms with van der Waals surface area (Å²) in [4.78, 5) is 0. The maximum absolute atomic E-state index is 3.95. The molecule has 6 aliphatic rings. The Hall–Kier alpha value is -0.0400. The summed E-state index contributed by atoms with van der Waals surface area (Å²) < 4.78 is 0. The number of nitrogens with one attached hydrogen (secondary N) is 1. The molecule has 0 radical (unpaired) electrons. The maximum Gasteiger partial charge on any atom is 0.0287 e. The molecule has 0 atom stereocenters. The van der Waals surface area contributed by atoms with Gasteiger partial charge in [-0.3, -0.25) is 0 Å². The van der Waals surface area contributed by atoms with E-state index in [0.717, 1.165) is 17.8 Å². The highest BCUT2D eigenvalue weighted by Crippen LogP contribution is 3.02. The Labute approximate surface area is 79.3 Å². The molecule has 0 amide bonds. The van der Waals surface area contributed by atoms with Gasteiger partial charge in [0.05, 0.1) is 0 Å². The highest BCUT2D eigenvalue weighted by atomic mass is 15.3. The minimum atomic E-state index is 0.347. The molecule has 6 aliphatic carbocycles. The monoisotopic (exact) mass is 175 g/mol. The van der Waals surface area contributed by atoms with E-state index in [1.165, 1.54) is 23.7 Å². The van der Waals surface area contributed by atoms with Crippen LogP contribution in [-0.4, -0.2) is 11.1 Å². The molecule has 0 aromatic rings. The number of rotatable bonds is 1. The van der Waals surface area contributed by atoms with Gasteiger partial charge in [0, 0.05) is 11.1 Å². The number of hydrogen-bond donors (Lipinski definition) is 1. The highest BCUT2D eigenvalue weighted by Gasteiger charge is 3.04. The Kier molecular flexibility index (Phi) is 0.618. The van der Waals surface area contributed by atoms with Crippen molar-refractivity contribution >= 4 is 0 Å². The molecule has 0 spiro atoms. The molecule has 1 nitrogen and oxygen atoms in total. The SMILES string of the molecule is CC(C)(C)NC12C3C4C5C3C1C5C42. The summed E-state index contributed by atoms with van der Waals surface area (Å²) in [5.74, 6) is 8.35. The zero-order valence-corrected chi connectivity index (χ0v) is 8.54. The zero-order chi connectivity index (χ0) is 8.75. The molecule has 6 fully saturated rings. The molecule has 0 saturated heterocycles. The van der Waals surface area contributed by atoms with E-state index in [2.05, 4.69) is 26.1 Å². The van der Waals surface area contributed by atoms with Crippen molar-refractivity contribution in [2.45, 2.75) is 31.8 Å². The van der Waals surface area contributed by atoms with Crippen LogP contribution >= 0.6 is 0 Å². The lowest BCUT2D eigenvalue weighted by Crippen LogP contribution is -3.11. The van der Waals surface area contributed by atoms with Gasteiger partial charge in [-0.1, -0.05) is 0 Å². The summed E-state index contributed by atoms with van der Waals surface area (Å²) >= 11 is 0. The van der Waals surface area contributed by atoms with Gasteiger partial charge in [-0.25, -0.2) is 0 Å². The van der Waals surface area contributed by atoms with Crippen molar-refractivity contribution in [3.8, 4) is 0 Å². The number of hydrogen-bond acceptors (Lipinski definition) is 1. The quantitative estimate of drug-likeness (QED) is 0.637. The molecular weight excluding hydrogens is 158 g/mol. The first-order valence-electron chi connectivity index (χ1n) is 5.87. The summed E-state index contributed by atoms with van der Waals surface area (Å²) in [6.45, 7) is 6.98. The van der Waals surface area contributed by atoms with Gasteiger partial charge in [-0.2, -0.15) is 0 Å². The van der Waals surface area contributed by atoms with Crippen LogP contribution in [0.1, 0.15) is 20.8 Å². The van der Waals surface area contributed by atoms with Gasteiger partial charge in [0.2, 0.25) is 0 Å². The van der Waals surface area contributed by atoms with Crippen LogP contribution in [0, 0.1) is 41.4 Å². The van der Waals surface area contributed by atoms with E-state index in [0.29, 0.717) is 11.1 Å². The van der Waals surface area contributed by atoms with Crippen molar-refractivity contribution in [3.63, 3.8) is 0 Å². The van der Waals surface area contributed by atoms with Gasteiger partial charge in [-0.05, 0) is 62.2 Å². The molecule has 70 valence electrons. The molecule has 13 heavy (non-hydrogen) atoms. The summed E-state index contributed by atoms with van der Waals surface area (Å²) in [5.41, 5.74) is 1.05. The predicted octanol–water partition coefficient (Wildman–Crippen LogP) is 1.49. The van der Waals surface area contributed by atoms with Crippen molar-refractivity contribution in [2.75, 3.05) is 0 Å². The fraction of sp³-hybridized carbons (Fsp3) is 1.00. The van der Waals surface area contributed by atoms with Gasteiger partial charge in [0.25, 0.3) is 0 Å². The van der Waals surface area contributed by atoms with Crippen LogP contribution in [0.3, 0.4) is 0 Å². The Balaban J connectivity index is 1.53. The third-order valence-corrected chi connectivity index (χ3v) is 6.07. The molecule has 0 heterocycles. The van der Waals surface area contributed by atoms with Crippen molar-refractivity contribution in [3.05, 3.63) is 0 Å². The topological polar surface area (TPSA) is 12.0 Å². The molecular formula is C12H17N. The standard InChI is InChI=1S/C12H17N/c1-11(2,3)13-12-8-5-4-6(8)10(12)7(4)9(5)12/h4-10,13H,1-3H3. The fourth-order valence-electron chi connectivity index (χ4n) is 6.33. The largest absolute Gasteiger partial charge is 0.306 e. The summed E-state index contributed by atoms with van der Waals surface area (Å²) in [6, 6.07) is 0. The summed E-state index contributed by atoms with van der Waals surface area (Å²) in [7, 11) is 0. The van der Waals surface area contributed by atoms with Crippen LogP contribution in [0.25, 0.3) is 0 Å². The molecule has 1 heteroatoms. The molecule has 6 saturated carbocycles. The highest BCUT2D eigenvalue weighted by molar-refractivity contribution is 5.54. The Morgan fingerprint density at radius 1 is 0.846 bits per heavy atom. The Bertz CT molecular complexity index is 287. The molecule has 0 unspecified atom stereocenters. The van der Waals surface area contributed by atoms with Crippen LogP contribution in [0.5, 0.6) is 0 Å². The minimum absolute atomic E-state index is 0.347. The van der Waals surface area contributed by atoms with Gasteiger partial charge in [0.1, 0.15) is 0 Å². The van der Waals surface area contributed by atoms with E-state index in [9.17, 15) is 0 Å². The smallest absolute Gasteiger partial charge is 0.0287 e. The molecule has 0 aromatic carbocycles. The maximum atomic E-state index is 3.95. The van der Waals surface area contributed by atoms with E-state index in [-0.39, 0.29) is 0 Å². The van der Waals surface area contributed by atoms with Crippen molar-refractivity contribution in [1.82, 2.24) is 5.32 Å². The molecule has 6 rings (SSSR count). The van der Waals surface area contributed by atoms with E-state index in [1.807, 2.05) is 0 Å². The van der Waals surface area contributed by atoms with Crippen molar-refractivity contribution < 1.29 is 0 Å². The van der Waals surface area contributed by atoms with Crippen LogP contribution in [0.15, 0.2) is 0 Å². The molecule has 0 aromatic heterocycles. The minimum Gasteiger partial charge on any atom is -0.306 e. The first kappa shape index (κ1) is 6.44. The van der Waals surface area contributed by atoms with Crippen molar-refractivity contribution in [1.29, 1.82) is 0 Å². The van der Waals surface area contributed by atoms with Gasteiger partial charge in [-0.15, -0.1) is 0 Å². The van der Waals surface area contributed by atoms with E-state index in [4.69, 9.17) is 0 Å². The van der Waals surface area contributed by atoms with E-state index in [1.54, 1.807) is 0 Å². The first-order chi connectivity index (χ1) is 6.07. The zero-order valence-electron chi connectivity index (χ0n) is 8.54. The molecule has 0 bridgehead atoms. The van der Waals surface area contributed by atoms with Crippen LogP contribution < -0.4 is 5.32 Å². The molecule has 0 aliphatic heterocycles. The average Bonchev–Trinajstić information content (AvgIpc) is 2.02. The van der Waals surface area contributed by atoms with Crippen LogP contribution in [0.2, 0.25) is 0 Å². The van der Waals surface area contributed by atoms with Gasteiger partial charge in [0.15, 0.2) is 0 Å². The average molecular weight is 175 g/mol. The van der Waals surface area contributed by atoms with Crippen molar-refractivity contribution in [2.24, 2.45) is 41.4 Å². The van der Waals surface area contributed by atoms with Gasteiger partial charge >= 0.3 is 0 Å². The Morgan fingerprint density at radius 2 is 1.31 bits per heavy atom. The second-order valence-corrected chi connectivity index (χ2v) is 7.19. The second-order valence-electron chi connectivity index (χ2n) is 7.19.